The Morgan fingerprint density at radius 1 is 1.20 bits per heavy atom. The summed E-state index contributed by atoms with van der Waals surface area (Å²) in [6.45, 7) is 2.00. The van der Waals surface area contributed by atoms with Crippen LogP contribution in [-0.4, -0.2) is 13.2 Å². The van der Waals surface area contributed by atoms with Gasteiger partial charge in [0.25, 0.3) is 0 Å². The standard InChI is InChI=1S/C3H6O.Fe/c1-2-4-3-1;/h1-3H2;. The summed E-state index contributed by atoms with van der Waals surface area (Å²) in [4.78, 5) is 0. The minimum Gasteiger partial charge on any atom is -0.381 e. The Bertz CT molecular complexity index is 14.9. The maximum absolute atomic E-state index is 4.72. The van der Waals surface area contributed by atoms with E-state index in [4.69, 9.17) is 4.74 Å². The van der Waals surface area contributed by atoms with Crippen LogP contribution in [0.15, 0.2) is 0 Å². The minimum atomic E-state index is 0. The first-order valence-corrected chi connectivity index (χ1v) is 1.58. The van der Waals surface area contributed by atoms with Crippen LogP contribution in [0, 0.1) is 0 Å². The van der Waals surface area contributed by atoms with Crippen molar-refractivity contribution in [3.8, 4) is 0 Å². The largest absolute Gasteiger partial charge is 0.381 e. The zero-order valence-electron chi connectivity index (χ0n) is 2.88. The number of ether oxygens (including phenoxy) is 1. The second kappa shape index (κ2) is 2.70. The van der Waals surface area contributed by atoms with Crippen LogP contribution in [-0.2, 0) is 21.8 Å². The van der Waals surface area contributed by atoms with Gasteiger partial charge in [-0.15, -0.1) is 0 Å². The van der Waals surface area contributed by atoms with Crippen LogP contribution >= 0.6 is 0 Å². The van der Waals surface area contributed by atoms with Crippen LogP contribution < -0.4 is 0 Å². The molecule has 1 heterocycles. The van der Waals surface area contributed by atoms with Gasteiger partial charge in [-0.1, -0.05) is 0 Å². The summed E-state index contributed by atoms with van der Waals surface area (Å²) in [7, 11) is 0. The SMILES string of the molecule is C1COC1.[Fe]. The monoisotopic (exact) mass is 114 g/mol. The third-order valence-corrected chi connectivity index (χ3v) is 0.577. The molecule has 1 aliphatic heterocycles. The summed E-state index contributed by atoms with van der Waals surface area (Å²) in [5.41, 5.74) is 0. The molecular weight excluding hydrogens is 108 g/mol. The Balaban J connectivity index is 0.000000160. The molecule has 0 bridgehead atoms. The number of hydrogen-bond acceptors (Lipinski definition) is 1. The van der Waals surface area contributed by atoms with E-state index in [9.17, 15) is 0 Å². The predicted molar refractivity (Wildman–Crippen MR) is 15.4 cm³/mol. The molecule has 0 atom stereocenters. The van der Waals surface area contributed by atoms with Gasteiger partial charge in [0.15, 0.2) is 0 Å². The second-order valence-electron chi connectivity index (χ2n) is 0.966. The summed E-state index contributed by atoms with van der Waals surface area (Å²) < 4.78 is 4.72. The van der Waals surface area contributed by atoms with Gasteiger partial charge in [0, 0.05) is 30.3 Å². The summed E-state index contributed by atoms with van der Waals surface area (Å²) in [6.07, 6.45) is 1.28. The topological polar surface area (TPSA) is 9.23 Å². The van der Waals surface area contributed by atoms with E-state index in [1.54, 1.807) is 0 Å². The summed E-state index contributed by atoms with van der Waals surface area (Å²) >= 11 is 0. The number of rotatable bonds is 0. The van der Waals surface area contributed by atoms with Crippen molar-refractivity contribution in [2.75, 3.05) is 13.2 Å². The van der Waals surface area contributed by atoms with Gasteiger partial charge in [-0.2, -0.15) is 0 Å². The zero-order valence-corrected chi connectivity index (χ0v) is 3.99. The minimum absolute atomic E-state index is 0. The van der Waals surface area contributed by atoms with Gasteiger partial charge in [-0.05, 0) is 6.42 Å². The van der Waals surface area contributed by atoms with Gasteiger partial charge in [-0.3, -0.25) is 0 Å². The maximum Gasteiger partial charge on any atom is 0.0488 e. The van der Waals surface area contributed by atoms with Crippen molar-refractivity contribution in [3.63, 3.8) is 0 Å². The smallest absolute Gasteiger partial charge is 0.0488 e. The molecule has 0 spiro atoms. The Kier molecular flexibility index (Phi) is 2.96. The Hall–Kier alpha value is 0.479. The molecule has 1 nitrogen and oxygen atoms in total. The van der Waals surface area contributed by atoms with Crippen molar-refractivity contribution in [2.45, 2.75) is 6.42 Å². The van der Waals surface area contributed by atoms with Crippen LogP contribution in [0.5, 0.6) is 0 Å². The molecule has 1 aliphatic rings. The number of hydrogen-bond donors (Lipinski definition) is 0. The van der Waals surface area contributed by atoms with E-state index in [1.165, 1.54) is 6.42 Å². The summed E-state index contributed by atoms with van der Waals surface area (Å²) in [6, 6.07) is 0. The van der Waals surface area contributed by atoms with Crippen molar-refractivity contribution in [1.82, 2.24) is 0 Å². The fourth-order valence-corrected chi connectivity index (χ4v) is 0.144. The van der Waals surface area contributed by atoms with Gasteiger partial charge < -0.3 is 4.74 Å². The molecule has 0 amide bonds. The molecule has 0 N–H and O–H groups in total. The van der Waals surface area contributed by atoms with E-state index in [0.717, 1.165) is 13.2 Å². The quantitative estimate of drug-likeness (QED) is 0.414. The van der Waals surface area contributed by atoms with E-state index in [-0.39, 0.29) is 17.1 Å². The van der Waals surface area contributed by atoms with Crippen molar-refractivity contribution in [2.24, 2.45) is 0 Å². The van der Waals surface area contributed by atoms with Gasteiger partial charge in [-0.25, -0.2) is 0 Å². The van der Waals surface area contributed by atoms with E-state index < -0.39 is 0 Å². The molecule has 0 aromatic heterocycles. The molecule has 0 saturated carbocycles. The first-order chi connectivity index (χ1) is 2.00. The maximum atomic E-state index is 4.72. The fraction of sp³-hybridized carbons (Fsp3) is 1.00. The predicted octanol–water partition coefficient (Wildman–Crippen LogP) is 0.404. The molecule has 0 unspecified atom stereocenters. The van der Waals surface area contributed by atoms with Crippen LogP contribution in [0.4, 0.5) is 0 Å². The Morgan fingerprint density at radius 2 is 1.40 bits per heavy atom. The normalized spacial score (nSPS) is 19.2. The van der Waals surface area contributed by atoms with Crippen LogP contribution in [0.1, 0.15) is 6.42 Å². The van der Waals surface area contributed by atoms with Crippen LogP contribution in [0.25, 0.3) is 0 Å². The Morgan fingerprint density at radius 3 is 1.40 bits per heavy atom. The van der Waals surface area contributed by atoms with Crippen LogP contribution in [0.2, 0.25) is 0 Å². The molecule has 32 valence electrons. The van der Waals surface area contributed by atoms with E-state index in [0.29, 0.717) is 0 Å². The van der Waals surface area contributed by atoms with Gasteiger partial charge in [0.05, 0.1) is 0 Å². The van der Waals surface area contributed by atoms with E-state index in [2.05, 4.69) is 0 Å². The van der Waals surface area contributed by atoms with E-state index in [1.807, 2.05) is 0 Å². The van der Waals surface area contributed by atoms with Crippen molar-refractivity contribution in [3.05, 3.63) is 0 Å². The fourth-order valence-electron chi connectivity index (χ4n) is 0.144. The molecule has 0 radical (unpaired) electrons. The molecular formula is C3H6FeO. The third kappa shape index (κ3) is 1.37. The van der Waals surface area contributed by atoms with Crippen molar-refractivity contribution < 1.29 is 21.8 Å². The summed E-state index contributed by atoms with van der Waals surface area (Å²) in [5.74, 6) is 0. The first-order valence-electron chi connectivity index (χ1n) is 1.58. The molecule has 0 aromatic carbocycles. The molecule has 2 heteroatoms. The third-order valence-electron chi connectivity index (χ3n) is 0.577. The van der Waals surface area contributed by atoms with E-state index >= 15 is 0 Å². The molecule has 0 aromatic rings. The molecule has 5 heavy (non-hydrogen) atoms. The Labute approximate surface area is 42.2 Å². The molecule has 1 rings (SSSR count). The molecule has 1 saturated heterocycles. The summed E-state index contributed by atoms with van der Waals surface area (Å²) in [5, 5.41) is 0. The zero-order chi connectivity index (χ0) is 2.83. The average molecular weight is 114 g/mol. The molecule has 1 fully saturated rings. The van der Waals surface area contributed by atoms with Gasteiger partial charge in [0.2, 0.25) is 0 Å². The molecule has 0 aliphatic carbocycles. The van der Waals surface area contributed by atoms with Crippen molar-refractivity contribution in [1.29, 1.82) is 0 Å². The van der Waals surface area contributed by atoms with Gasteiger partial charge in [0.1, 0.15) is 0 Å². The van der Waals surface area contributed by atoms with Crippen molar-refractivity contribution >= 4 is 0 Å². The van der Waals surface area contributed by atoms with Gasteiger partial charge >= 0.3 is 0 Å². The average Bonchev–Trinajstić information content (AvgIpc) is 0.722. The second-order valence-corrected chi connectivity index (χ2v) is 0.966. The van der Waals surface area contributed by atoms with Crippen LogP contribution in [0.3, 0.4) is 0 Å². The first kappa shape index (κ1) is 5.48.